The molecule has 0 aromatic heterocycles. The van der Waals surface area contributed by atoms with Crippen molar-refractivity contribution in [2.75, 3.05) is 0 Å². The van der Waals surface area contributed by atoms with Crippen molar-refractivity contribution in [1.29, 1.82) is 0 Å². The number of aryl methyl sites for hydroxylation is 1. The highest BCUT2D eigenvalue weighted by Gasteiger charge is 2.21. The van der Waals surface area contributed by atoms with Crippen LogP contribution in [0.25, 0.3) is 0 Å². The summed E-state index contributed by atoms with van der Waals surface area (Å²) in [6, 6.07) is 4.97. The van der Waals surface area contributed by atoms with Gasteiger partial charge in [-0.2, -0.15) is 0 Å². The molecule has 4 heteroatoms. The predicted molar refractivity (Wildman–Crippen MR) is 54.9 cm³/mol. The Morgan fingerprint density at radius 1 is 1.47 bits per heavy atom. The van der Waals surface area contributed by atoms with Crippen LogP contribution in [0.4, 0.5) is 4.79 Å². The Morgan fingerprint density at radius 2 is 2.27 bits per heavy atom. The average molecular weight is 207 g/mol. The average Bonchev–Trinajstić information content (AvgIpc) is 2.18. The molecule has 0 saturated carbocycles. The van der Waals surface area contributed by atoms with E-state index in [9.17, 15) is 9.90 Å². The molecule has 1 aliphatic rings. The topological polar surface area (TPSA) is 69.6 Å². The number of amides is 1. The lowest BCUT2D eigenvalue weighted by Gasteiger charge is -2.25. The van der Waals surface area contributed by atoms with Crippen LogP contribution in [-0.2, 0) is 6.42 Å². The van der Waals surface area contributed by atoms with Gasteiger partial charge in [-0.25, -0.2) is 4.79 Å². The minimum absolute atomic E-state index is 0.182. The first-order valence-corrected chi connectivity index (χ1v) is 4.98. The number of hydrogen-bond acceptors (Lipinski definition) is 2. The third-order valence-corrected chi connectivity index (χ3v) is 2.74. The lowest BCUT2D eigenvalue weighted by Crippen LogP contribution is -2.29. The van der Waals surface area contributed by atoms with Gasteiger partial charge >= 0.3 is 6.09 Å². The van der Waals surface area contributed by atoms with Gasteiger partial charge in [-0.1, -0.05) is 6.07 Å². The van der Waals surface area contributed by atoms with E-state index in [0.29, 0.717) is 0 Å². The molecule has 1 atom stereocenters. The third kappa shape index (κ3) is 2.03. The van der Waals surface area contributed by atoms with Gasteiger partial charge in [0.2, 0.25) is 0 Å². The monoisotopic (exact) mass is 207 g/mol. The number of phenols is 1. The maximum absolute atomic E-state index is 10.6. The molecule has 80 valence electrons. The highest BCUT2D eigenvalue weighted by molar-refractivity contribution is 5.65. The number of carbonyl (C=O) groups is 1. The van der Waals surface area contributed by atoms with Crippen LogP contribution in [0.2, 0.25) is 0 Å². The summed E-state index contributed by atoms with van der Waals surface area (Å²) in [7, 11) is 0. The van der Waals surface area contributed by atoms with E-state index in [-0.39, 0.29) is 11.8 Å². The van der Waals surface area contributed by atoms with Gasteiger partial charge in [0.1, 0.15) is 5.75 Å². The van der Waals surface area contributed by atoms with Crippen LogP contribution < -0.4 is 5.32 Å². The fourth-order valence-electron chi connectivity index (χ4n) is 2.09. The number of hydrogen-bond donors (Lipinski definition) is 3. The van der Waals surface area contributed by atoms with E-state index in [0.717, 1.165) is 30.4 Å². The summed E-state index contributed by atoms with van der Waals surface area (Å²) in [4.78, 5) is 10.6. The van der Waals surface area contributed by atoms with Crippen molar-refractivity contribution in [3.8, 4) is 5.75 Å². The van der Waals surface area contributed by atoms with Gasteiger partial charge in [0.05, 0.1) is 6.04 Å². The normalized spacial score (nSPS) is 19.3. The Morgan fingerprint density at radius 3 is 3.00 bits per heavy atom. The fourth-order valence-corrected chi connectivity index (χ4v) is 2.09. The molecular weight excluding hydrogens is 194 g/mol. The second-order valence-corrected chi connectivity index (χ2v) is 3.78. The zero-order valence-electron chi connectivity index (χ0n) is 8.23. The summed E-state index contributed by atoms with van der Waals surface area (Å²) in [5.41, 5.74) is 2.03. The second-order valence-electron chi connectivity index (χ2n) is 3.78. The standard InChI is InChI=1S/C11H13NO3/c13-8-5-4-7-2-1-3-10(9(7)6-8)12-11(14)15/h4-6,10,12-13H,1-3H2,(H,14,15). The highest BCUT2D eigenvalue weighted by atomic mass is 16.4. The van der Waals surface area contributed by atoms with Crippen LogP contribution in [0.15, 0.2) is 18.2 Å². The van der Waals surface area contributed by atoms with E-state index in [1.54, 1.807) is 12.1 Å². The summed E-state index contributed by atoms with van der Waals surface area (Å²) < 4.78 is 0. The molecule has 4 nitrogen and oxygen atoms in total. The summed E-state index contributed by atoms with van der Waals surface area (Å²) >= 11 is 0. The number of rotatable bonds is 1. The van der Waals surface area contributed by atoms with Crippen molar-refractivity contribution < 1.29 is 15.0 Å². The Labute approximate surface area is 87.6 Å². The minimum atomic E-state index is -1.02. The predicted octanol–water partition coefficient (Wildman–Crippen LogP) is 2.04. The number of benzene rings is 1. The van der Waals surface area contributed by atoms with Crippen LogP contribution >= 0.6 is 0 Å². The third-order valence-electron chi connectivity index (χ3n) is 2.74. The molecule has 2 rings (SSSR count). The van der Waals surface area contributed by atoms with Gasteiger partial charge in [0.15, 0.2) is 0 Å². The van der Waals surface area contributed by atoms with Crippen LogP contribution in [-0.4, -0.2) is 16.3 Å². The largest absolute Gasteiger partial charge is 0.508 e. The van der Waals surface area contributed by atoms with Gasteiger partial charge in [-0.15, -0.1) is 0 Å². The zero-order chi connectivity index (χ0) is 10.8. The fraction of sp³-hybridized carbons (Fsp3) is 0.364. The first-order valence-electron chi connectivity index (χ1n) is 4.98. The van der Waals surface area contributed by atoms with Crippen molar-refractivity contribution in [2.24, 2.45) is 0 Å². The number of carboxylic acid groups (broad SMARTS) is 1. The SMILES string of the molecule is O=C(O)NC1CCCc2ccc(O)cc21. The van der Waals surface area contributed by atoms with E-state index >= 15 is 0 Å². The molecule has 0 saturated heterocycles. The molecule has 1 unspecified atom stereocenters. The van der Waals surface area contributed by atoms with Crippen molar-refractivity contribution in [3.63, 3.8) is 0 Å². The molecule has 1 aromatic rings. The van der Waals surface area contributed by atoms with E-state index in [1.165, 1.54) is 0 Å². The molecule has 1 aromatic carbocycles. The summed E-state index contributed by atoms with van der Waals surface area (Å²) in [5.74, 6) is 0.188. The summed E-state index contributed by atoms with van der Waals surface area (Å²) in [6.07, 6.45) is 1.70. The molecule has 0 radical (unpaired) electrons. The summed E-state index contributed by atoms with van der Waals surface area (Å²) in [5, 5.41) is 20.5. The quantitative estimate of drug-likeness (QED) is 0.660. The molecule has 0 spiro atoms. The zero-order valence-corrected chi connectivity index (χ0v) is 8.23. The second kappa shape index (κ2) is 3.81. The van der Waals surface area contributed by atoms with Crippen LogP contribution in [0, 0.1) is 0 Å². The molecule has 0 aliphatic heterocycles. The molecule has 0 heterocycles. The molecule has 1 aliphatic carbocycles. The van der Waals surface area contributed by atoms with E-state index in [4.69, 9.17) is 5.11 Å². The molecule has 3 N–H and O–H groups in total. The van der Waals surface area contributed by atoms with Crippen molar-refractivity contribution in [3.05, 3.63) is 29.3 Å². The van der Waals surface area contributed by atoms with E-state index in [2.05, 4.69) is 5.32 Å². The van der Waals surface area contributed by atoms with Gasteiger partial charge in [0, 0.05) is 0 Å². The molecular formula is C11H13NO3. The number of fused-ring (bicyclic) bond motifs is 1. The minimum Gasteiger partial charge on any atom is -0.508 e. The van der Waals surface area contributed by atoms with Gasteiger partial charge in [0.25, 0.3) is 0 Å². The first kappa shape index (κ1) is 9.83. The maximum atomic E-state index is 10.6. The Hall–Kier alpha value is -1.71. The molecule has 15 heavy (non-hydrogen) atoms. The van der Waals surface area contributed by atoms with Gasteiger partial charge in [-0.05, 0) is 42.5 Å². The van der Waals surface area contributed by atoms with E-state index < -0.39 is 6.09 Å². The molecule has 0 bridgehead atoms. The van der Waals surface area contributed by atoms with Crippen LogP contribution in [0.1, 0.15) is 30.0 Å². The Balaban J connectivity index is 2.32. The lowest BCUT2D eigenvalue weighted by atomic mass is 9.87. The van der Waals surface area contributed by atoms with E-state index in [1.807, 2.05) is 6.07 Å². The van der Waals surface area contributed by atoms with Gasteiger partial charge in [-0.3, -0.25) is 0 Å². The number of phenolic OH excluding ortho intramolecular Hbond substituents is 1. The summed E-state index contributed by atoms with van der Waals surface area (Å²) in [6.45, 7) is 0. The van der Waals surface area contributed by atoms with Crippen molar-refractivity contribution >= 4 is 6.09 Å². The first-order chi connectivity index (χ1) is 7.16. The smallest absolute Gasteiger partial charge is 0.405 e. The molecule has 1 amide bonds. The number of aromatic hydroxyl groups is 1. The Kier molecular flexibility index (Phi) is 2.49. The Bertz CT molecular complexity index is 389. The van der Waals surface area contributed by atoms with Gasteiger partial charge < -0.3 is 15.5 Å². The number of nitrogens with one attached hydrogen (secondary N) is 1. The highest BCUT2D eigenvalue weighted by Crippen LogP contribution is 2.31. The van der Waals surface area contributed by atoms with Crippen molar-refractivity contribution in [1.82, 2.24) is 5.32 Å². The maximum Gasteiger partial charge on any atom is 0.405 e. The van der Waals surface area contributed by atoms with Crippen LogP contribution in [0.5, 0.6) is 5.75 Å². The van der Waals surface area contributed by atoms with Crippen LogP contribution in [0.3, 0.4) is 0 Å². The lowest BCUT2D eigenvalue weighted by molar-refractivity contribution is 0.188. The van der Waals surface area contributed by atoms with Crippen molar-refractivity contribution in [2.45, 2.75) is 25.3 Å². The molecule has 0 fully saturated rings.